The highest BCUT2D eigenvalue weighted by molar-refractivity contribution is 7.98. The summed E-state index contributed by atoms with van der Waals surface area (Å²) in [6, 6.07) is 1.90. The molecule has 0 aliphatic heterocycles. The second-order valence-corrected chi connectivity index (χ2v) is 5.23. The summed E-state index contributed by atoms with van der Waals surface area (Å²) in [5.74, 6) is 1.67. The van der Waals surface area contributed by atoms with Gasteiger partial charge in [0.25, 0.3) is 0 Å². The van der Waals surface area contributed by atoms with Gasteiger partial charge in [-0.25, -0.2) is 15.0 Å². The van der Waals surface area contributed by atoms with Crippen LogP contribution in [0.3, 0.4) is 0 Å². The zero-order valence-corrected chi connectivity index (χ0v) is 11.9. The van der Waals surface area contributed by atoms with Crippen LogP contribution < -0.4 is 10.6 Å². The van der Waals surface area contributed by atoms with Gasteiger partial charge in [-0.15, -0.1) is 11.3 Å². The largest absolute Gasteiger partial charge is 0.373 e. The minimum atomic E-state index is 0.763. The van der Waals surface area contributed by atoms with E-state index in [0.717, 1.165) is 34.8 Å². The van der Waals surface area contributed by atoms with Gasteiger partial charge < -0.3 is 10.6 Å². The molecule has 2 rings (SSSR count). The second kappa shape index (κ2) is 6.55. The second-order valence-electron chi connectivity index (χ2n) is 3.48. The van der Waals surface area contributed by atoms with Gasteiger partial charge in [-0.1, -0.05) is 11.8 Å². The number of nitrogens with one attached hydrogen (secondary N) is 2. The number of hydrogen-bond donors (Lipinski definition) is 2. The summed E-state index contributed by atoms with van der Waals surface area (Å²) in [7, 11) is 1.85. The van der Waals surface area contributed by atoms with Gasteiger partial charge >= 0.3 is 0 Å². The molecule has 0 aromatic carbocycles. The predicted octanol–water partition coefficient (Wildman–Crippen LogP) is 2.35. The molecule has 0 amide bonds. The SMILES string of the molecule is CNc1cc(NCCc2nccs2)nc(SC)n1. The van der Waals surface area contributed by atoms with Crippen LogP contribution in [0.2, 0.25) is 0 Å². The Morgan fingerprint density at radius 3 is 2.83 bits per heavy atom. The first-order valence-corrected chi connectivity index (χ1v) is 7.65. The fourth-order valence-corrected chi connectivity index (χ4v) is 2.41. The number of thiazole rings is 1. The van der Waals surface area contributed by atoms with Gasteiger partial charge in [0.05, 0.1) is 5.01 Å². The number of hydrogen-bond acceptors (Lipinski definition) is 7. The van der Waals surface area contributed by atoms with E-state index in [4.69, 9.17) is 0 Å². The van der Waals surface area contributed by atoms with Crippen LogP contribution in [0.25, 0.3) is 0 Å². The van der Waals surface area contributed by atoms with Gasteiger partial charge in [0, 0.05) is 37.7 Å². The normalized spacial score (nSPS) is 10.3. The van der Waals surface area contributed by atoms with Crippen molar-refractivity contribution in [2.24, 2.45) is 0 Å². The third-order valence-electron chi connectivity index (χ3n) is 2.27. The van der Waals surface area contributed by atoms with E-state index in [2.05, 4.69) is 25.6 Å². The van der Waals surface area contributed by atoms with Crippen molar-refractivity contribution in [2.45, 2.75) is 11.6 Å². The average Bonchev–Trinajstić information content (AvgIpc) is 2.91. The van der Waals surface area contributed by atoms with E-state index >= 15 is 0 Å². The van der Waals surface area contributed by atoms with Crippen molar-refractivity contribution < 1.29 is 0 Å². The Kier molecular flexibility index (Phi) is 4.77. The van der Waals surface area contributed by atoms with E-state index in [1.165, 1.54) is 11.8 Å². The van der Waals surface area contributed by atoms with E-state index < -0.39 is 0 Å². The van der Waals surface area contributed by atoms with Gasteiger partial charge in [0.2, 0.25) is 0 Å². The van der Waals surface area contributed by atoms with Gasteiger partial charge in [-0.05, 0) is 6.26 Å². The Balaban J connectivity index is 1.95. The van der Waals surface area contributed by atoms with E-state index in [1.54, 1.807) is 11.3 Å². The highest BCUT2D eigenvalue weighted by Crippen LogP contribution is 2.16. The molecule has 0 aliphatic carbocycles. The Morgan fingerprint density at radius 2 is 2.17 bits per heavy atom. The fourth-order valence-electron chi connectivity index (χ4n) is 1.41. The van der Waals surface area contributed by atoms with Crippen molar-refractivity contribution >= 4 is 34.7 Å². The van der Waals surface area contributed by atoms with Gasteiger partial charge in [-0.2, -0.15) is 0 Å². The molecule has 5 nitrogen and oxygen atoms in total. The first-order chi connectivity index (χ1) is 8.81. The summed E-state index contributed by atoms with van der Waals surface area (Å²) in [5.41, 5.74) is 0. The number of nitrogens with zero attached hydrogens (tertiary/aromatic N) is 3. The summed E-state index contributed by atoms with van der Waals surface area (Å²) in [6.45, 7) is 0.821. The first kappa shape index (κ1) is 13.1. The molecule has 2 aromatic heterocycles. The van der Waals surface area contributed by atoms with E-state index in [-0.39, 0.29) is 0 Å². The Labute approximate surface area is 114 Å². The number of aromatic nitrogens is 3. The van der Waals surface area contributed by atoms with Crippen molar-refractivity contribution in [2.75, 3.05) is 30.5 Å². The number of rotatable bonds is 6. The number of thioether (sulfide) groups is 1. The maximum Gasteiger partial charge on any atom is 0.191 e. The van der Waals surface area contributed by atoms with Crippen LogP contribution in [-0.4, -0.2) is 34.8 Å². The van der Waals surface area contributed by atoms with Crippen molar-refractivity contribution in [3.63, 3.8) is 0 Å². The van der Waals surface area contributed by atoms with E-state index in [9.17, 15) is 0 Å². The topological polar surface area (TPSA) is 62.7 Å². The van der Waals surface area contributed by atoms with Crippen LogP contribution in [0.4, 0.5) is 11.6 Å². The first-order valence-electron chi connectivity index (χ1n) is 5.55. The molecule has 18 heavy (non-hydrogen) atoms. The molecule has 0 radical (unpaired) electrons. The van der Waals surface area contributed by atoms with Crippen molar-refractivity contribution in [1.29, 1.82) is 0 Å². The Morgan fingerprint density at radius 1 is 1.33 bits per heavy atom. The summed E-state index contributed by atoms with van der Waals surface area (Å²) in [5, 5.41) is 10.2. The molecule has 2 aromatic rings. The fraction of sp³-hybridized carbons (Fsp3) is 0.364. The zero-order chi connectivity index (χ0) is 12.8. The lowest BCUT2D eigenvalue weighted by molar-refractivity contribution is 0.937. The lowest BCUT2D eigenvalue weighted by atomic mass is 10.4. The number of anilines is 2. The summed E-state index contributed by atoms with van der Waals surface area (Å²) < 4.78 is 0. The third-order valence-corrected chi connectivity index (χ3v) is 3.66. The molecule has 96 valence electrons. The lowest BCUT2D eigenvalue weighted by Gasteiger charge is -2.08. The predicted molar refractivity (Wildman–Crippen MR) is 77.7 cm³/mol. The minimum Gasteiger partial charge on any atom is -0.373 e. The van der Waals surface area contributed by atoms with E-state index in [0.29, 0.717) is 0 Å². The Hall–Kier alpha value is -1.34. The molecule has 0 atom stereocenters. The van der Waals surface area contributed by atoms with Gasteiger partial charge in [-0.3, -0.25) is 0 Å². The molecule has 0 spiro atoms. The van der Waals surface area contributed by atoms with Crippen LogP contribution in [0, 0.1) is 0 Å². The Bertz CT molecular complexity index is 464. The van der Waals surface area contributed by atoms with Crippen molar-refractivity contribution in [3.8, 4) is 0 Å². The molecule has 2 heterocycles. The monoisotopic (exact) mass is 281 g/mol. The van der Waals surface area contributed by atoms with Crippen LogP contribution in [-0.2, 0) is 6.42 Å². The van der Waals surface area contributed by atoms with Crippen LogP contribution in [0.1, 0.15) is 5.01 Å². The molecule has 0 unspecified atom stereocenters. The van der Waals surface area contributed by atoms with Crippen LogP contribution in [0.15, 0.2) is 22.8 Å². The smallest absolute Gasteiger partial charge is 0.191 e. The zero-order valence-electron chi connectivity index (χ0n) is 10.3. The highest BCUT2D eigenvalue weighted by atomic mass is 32.2. The third kappa shape index (κ3) is 3.58. The lowest BCUT2D eigenvalue weighted by Crippen LogP contribution is -2.08. The molecule has 0 saturated carbocycles. The summed E-state index contributed by atoms with van der Waals surface area (Å²) in [4.78, 5) is 13.0. The van der Waals surface area contributed by atoms with Gasteiger partial charge in [0.15, 0.2) is 5.16 Å². The average molecular weight is 281 g/mol. The molecule has 2 N–H and O–H groups in total. The molecule has 0 fully saturated rings. The molecular formula is C11H15N5S2. The van der Waals surface area contributed by atoms with Crippen LogP contribution in [0.5, 0.6) is 0 Å². The maximum atomic E-state index is 4.40. The summed E-state index contributed by atoms with van der Waals surface area (Å²) in [6.07, 6.45) is 4.70. The molecule has 7 heteroatoms. The molecular weight excluding hydrogens is 266 g/mol. The quantitative estimate of drug-likeness (QED) is 0.626. The summed E-state index contributed by atoms with van der Waals surface area (Å²) >= 11 is 3.20. The maximum absolute atomic E-state index is 4.40. The molecule has 0 aliphatic rings. The minimum absolute atomic E-state index is 0.763. The van der Waals surface area contributed by atoms with E-state index in [1.807, 2.05) is 30.9 Å². The van der Waals surface area contributed by atoms with Crippen molar-refractivity contribution in [1.82, 2.24) is 15.0 Å². The van der Waals surface area contributed by atoms with Gasteiger partial charge in [0.1, 0.15) is 11.6 Å². The highest BCUT2D eigenvalue weighted by Gasteiger charge is 2.03. The van der Waals surface area contributed by atoms with Crippen molar-refractivity contribution in [3.05, 3.63) is 22.7 Å². The molecule has 0 bridgehead atoms. The standard InChI is InChI=1S/C11H15N5S2/c1-12-8-7-9(16-11(15-8)17-2)13-4-3-10-14-5-6-18-10/h5-7H,3-4H2,1-2H3,(H2,12,13,15,16). The van der Waals surface area contributed by atoms with Crippen LogP contribution >= 0.6 is 23.1 Å². The molecule has 0 saturated heterocycles.